The molecule has 152 valence electrons. The van der Waals surface area contributed by atoms with Crippen LogP contribution in [0.1, 0.15) is 123 Å². The molecule has 0 N–H and O–H groups in total. The SMILES string of the molecule is CCCCCCCCCCCCCCCCCCCOC(=O)[I-]CC. The van der Waals surface area contributed by atoms with E-state index in [1.165, 1.54) is 103 Å². The van der Waals surface area contributed by atoms with Crippen LogP contribution >= 0.6 is 0 Å². The minimum absolute atomic E-state index is 0.0813. The number of hydrogen-bond acceptors (Lipinski definition) is 2. The average molecular weight is 467 g/mol. The van der Waals surface area contributed by atoms with E-state index >= 15 is 0 Å². The van der Waals surface area contributed by atoms with Crippen molar-refractivity contribution in [2.24, 2.45) is 0 Å². The van der Waals surface area contributed by atoms with Gasteiger partial charge in [-0.2, -0.15) is 0 Å². The molecule has 0 saturated heterocycles. The number of unbranched alkanes of at least 4 members (excludes halogenated alkanes) is 16. The number of rotatable bonds is 20. The zero-order chi connectivity index (χ0) is 18.4. The van der Waals surface area contributed by atoms with Crippen molar-refractivity contribution in [1.82, 2.24) is 0 Å². The Balaban J connectivity index is 3.02. The van der Waals surface area contributed by atoms with E-state index in [-0.39, 0.29) is 25.2 Å². The summed E-state index contributed by atoms with van der Waals surface area (Å²) in [5.74, 6) is 0. The van der Waals surface area contributed by atoms with Gasteiger partial charge in [0.1, 0.15) is 0 Å². The molecule has 2 nitrogen and oxygen atoms in total. The molecule has 0 aromatic heterocycles. The predicted molar refractivity (Wildman–Crippen MR) is 106 cm³/mol. The number of halogens is 1. The van der Waals surface area contributed by atoms with E-state index in [2.05, 4.69) is 13.8 Å². The van der Waals surface area contributed by atoms with Gasteiger partial charge in [0, 0.05) is 0 Å². The first-order valence-electron chi connectivity index (χ1n) is 11.1. The van der Waals surface area contributed by atoms with Crippen LogP contribution in [-0.2, 0) is 4.74 Å². The molecule has 0 radical (unpaired) electrons. The summed E-state index contributed by atoms with van der Waals surface area (Å²) in [6, 6.07) is 0. The summed E-state index contributed by atoms with van der Waals surface area (Å²) in [5, 5.41) is 0. The Kier molecular flexibility index (Phi) is 22.4. The minimum atomic E-state index is -0.344. The second-order valence-electron chi connectivity index (χ2n) is 7.14. The molecule has 3 heteroatoms. The normalized spacial score (nSPS) is 11.1. The van der Waals surface area contributed by atoms with Gasteiger partial charge in [-0.25, -0.2) is 0 Å². The zero-order valence-corrected chi connectivity index (χ0v) is 19.3. The molecule has 0 bridgehead atoms. The van der Waals surface area contributed by atoms with Gasteiger partial charge in [0.2, 0.25) is 0 Å². The number of hydrogen-bond donors (Lipinski definition) is 0. The Hall–Kier alpha value is 0.200. The molecule has 0 aromatic carbocycles. The zero-order valence-electron chi connectivity index (χ0n) is 17.1. The van der Waals surface area contributed by atoms with E-state index in [0.29, 0.717) is 6.61 Å². The Morgan fingerprint density at radius 2 is 0.960 bits per heavy atom. The standard InChI is InChI=1S/C22H44IO2/c1-3-5-6-7-8-9-10-11-12-13-14-15-16-17-18-19-20-21-25-22(24)23-4-2/h3-21H2,1-2H3/q-1. The van der Waals surface area contributed by atoms with Crippen molar-refractivity contribution >= 4 is 3.98 Å². The van der Waals surface area contributed by atoms with Crippen LogP contribution in [0.4, 0.5) is 4.79 Å². The number of carbonyl (C=O) groups excluding carboxylic acids is 1. The average Bonchev–Trinajstić information content (AvgIpc) is 2.61. The van der Waals surface area contributed by atoms with Crippen molar-refractivity contribution in [3.05, 3.63) is 0 Å². The van der Waals surface area contributed by atoms with Crippen molar-refractivity contribution in [2.75, 3.05) is 11.0 Å². The van der Waals surface area contributed by atoms with Crippen LogP contribution < -0.4 is 21.2 Å². The number of ether oxygens (including phenoxy) is 1. The maximum atomic E-state index is 11.2. The van der Waals surface area contributed by atoms with Crippen molar-refractivity contribution in [3.63, 3.8) is 0 Å². The molecule has 0 heterocycles. The van der Waals surface area contributed by atoms with Crippen LogP contribution in [0, 0.1) is 0 Å². The molecule has 0 spiro atoms. The van der Waals surface area contributed by atoms with Gasteiger partial charge in [0.15, 0.2) is 0 Å². The van der Waals surface area contributed by atoms with Gasteiger partial charge in [0.25, 0.3) is 0 Å². The summed E-state index contributed by atoms with van der Waals surface area (Å²) in [6.07, 6.45) is 23.5. The van der Waals surface area contributed by atoms with E-state index in [1.54, 1.807) is 0 Å². The van der Waals surface area contributed by atoms with Crippen LogP contribution in [0.25, 0.3) is 0 Å². The second-order valence-corrected chi connectivity index (χ2v) is 10.3. The molecule has 0 amide bonds. The number of alkyl halides is 1. The van der Waals surface area contributed by atoms with E-state index in [9.17, 15) is 4.79 Å². The Labute approximate surface area is 168 Å². The predicted octanol–water partition coefficient (Wildman–Crippen LogP) is 4.88. The molecule has 0 aliphatic heterocycles. The monoisotopic (exact) mass is 467 g/mol. The second kappa shape index (κ2) is 22.2. The van der Waals surface area contributed by atoms with Gasteiger partial charge in [-0.1, -0.05) is 58.3 Å². The van der Waals surface area contributed by atoms with Crippen LogP contribution in [0.15, 0.2) is 0 Å². The Bertz CT molecular complexity index is 269. The van der Waals surface area contributed by atoms with Gasteiger partial charge >= 0.3 is 110 Å². The van der Waals surface area contributed by atoms with Crippen LogP contribution in [0.5, 0.6) is 0 Å². The quantitative estimate of drug-likeness (QED) is 0.110. The molecular formula is C22H44IO2-. The molecule has 0 atom stereocenters. The topological polar surface area (TPSA) is 26.3 Å². The molecule has 25 heavy (non-hydrogen) atoms. The van der Waals surface area contributed by atoms with E-state index < -0.39 is 0 Å². The van der Waals surface area contributed by atoms with Crippen molar-refractivity contribution in [1.29, 1.82) is 0 Å². The van der Waals surface area contributed by atoms with Crippen LogP contribution in [-0.4, -0.2) is 15.0 Å². The molecule has 0 unspecified atom stereocenters. The summed E-state index contributed by atoms with van der Waals surface area (Å²) in [5.41, 5.74) is 0. The first kappa shape index (κ1) is 25.2. The fourth-order valence-corrected chi connectivity index (χ4v) is 4.19. The maximum absolute atomic E-state index is 11.2. The molecule has 0 saturated carbocycles. The van der Waals surface area contributed by atoms with Crippen LogP contribution in [0.3, 0.4) is 0 Å². The molecule has 0 aliphatic rings. The summed E-state index contributed by atoms with van der Waals surface area (Å²) >= 11 is -0.344. The van der Waals surface area contributed by atoms with Crippen molar-refractivity contribution < 1.29 is 30.7 Å². The molecule has 0 aliphatic carbocycles. The van der Waals surface area contributed by atoms with Crippen molar-refractivity contribution in [3.8, 4) is 0 Å². The van der Waals surface area contributed by atoms with Gasteiger partial charge in [0.05, 0.1) is 0 Å². The van der Waals surface area contributed by atoms with Crippen LogP contribution in [0.2, 0.25) is 0 Å². The summed E-state index contributed by atoms with van der Waals surface area (Å²) in [7, 11) is 0. The van der Waals surface area contributed by atoms with Gasteiger partial charge in [-0.3, -0.25) is 0 Å². The molecular weight excluding hydrogens is 423 g/mol. The molecule has 0 rings (SSSR count). The van der Waals surface area contributed by atoms with E-state index in [0.717, 1.165) is 10.8 Å². The van der Waals surface area contributed by atoms with E-state index in [1.807, 2.05) is 0 Å². The van der Waals surface area contributed by atoms with Crippen molar-refractivity contribution in [2.45, 2.75) is 123 Å². The Morgan fingerprint density at radius 3 is 1.32 bits per heavy atom. The third-order valence-corrected chi connectivity index (χ3v) is 6.40. The fourth-order valence-electron chi connectivity index (χ4n) is 3.13. The summed E-state index contributed by atoms with van der Waals surface area (Å²) < 4.78 is 6.29. The van der Waals surface area contributed by atoms with Gasteiger partial charge in [-0.15, -0.1) is 0 Å². The van der Waals surface area contributed by atoms with Gasteiger partial charge in [-0.05, 0) is 0 Å². The first-order chi connectivity index (χ1) is 12.3. The fraction of sp³-hybridized carbons (Fsp3) is 0.955. The number of carbonyl (C=O) groups is 1. The molecule has 0 fully saturated rings. The molecule has 0 aromatic rings. The first-order valence-corrected chi connectivity index (χ1v) is 13.7. The Morgan fingerprint density at radius 1 is 0.600 bits per heavy atom. The summed E-state index contributed by atoms with van der Waals surface area (Å²) in [4.78, 5) is 11.2. The third kappa shape index (κ3) is 22.2. The van der Waals surface area contributed by atoms with E-state index in [4.69, 9.17) is 4.74 Å². The summed E-state index contributed by atoms with van der Waals surface area (Å²) in [6.45, 7) is 5.00. The van der Waals surface area contributed by atoms with Gasteiger partial charge < -0.3 is 0 Å². The third-order valence-electron chi connectivity index (χ3n) is 4.71.